The van der Waals surface area contributed by atoms with Crippen molar-refractivity contribution in [2.45, 2.75) is 50.8 Å². The van der Waals surface area contributed by atoms with Gasteiger partial charge in [-0.1, -0.05) is 39.0 Å². The van der Waals surface area contributed by atoms with E-state index >= 15 is 0 Å². The van der Waals surface area contributed by atoms with Crippen LogP contribution in [0.1, 0.15) is 56.4 Å². The Morgan fingerprint density at radius 1 is 1.00 bits per heavy atom. The van der Waals surface area contributed by atoms with Crippen molar-refractivity contribution >= 4 is 11.6 Å². The molecule has 0 nitrogen and oxygen atoms in total. The molecule has 0 aliphatic carbocycles. The zero-order valence-corrected chi connectivity index (χ0v) is 11.2. The predicted molar refractivity (Wildman–Crippen MR) is 68.3 cm³/mol. The third-order valence-electron chi connectivity index (χ3n) is 2.92. The molecule has 0 spiro atoms. The maximum absolute atomic E-state index is 13.4. The van der Waals surface area contributed by atoms with Gasteiger partial charge >= 0.3 is 0 Å². The van der Waals surface area contributed by atoms with Crippen molar-refractivity contribution in [3.8, 4) is 0 Å². The van der Waals surface area contributed by atoms with Gasteiger partial charge in [-0.2, -0.15) is 0 Å². The van der Waals surface area contributed by atoms with E-state index in [1.165, 1.54) is 0 Å². The number of hydrogen-bond acceptors (Lipinski definition) is 0. The van der Waals surface area contributed by atoms with Crippen molar-refractivity contribution < 1.29 is 13.2 Å². The normalized spacial score (nSPS) is 12.7. The molecule has 0 bridgehead atoms. The zero-order valence-electron chi connectivity index (χ0n) is 10.5. The smallest absolute Gasteiger partial charge is 0.133 e. The molecule has 0 fully saturated rings. The second-order valence-electron chi connectivity index (χ2n) is 4.45. The lowest BCUT2D eigenvalue weighted by molar-refractivity contribution is 0.510. The highest BCUT2D eigenvalue weighted by molar-refractivity contribution is 6.20. The lowest BCUT2D eigenvalue weighted by Gasteiger charge is -2.12. The summed E-state index contributed by atoms with van der Waals surface area (Å²) in [6.45, 7) is 2.12. The topological polar surface area (TPSA) is 0 Å². The number of alkyl halides is 1. The lowest BCUT2D eigenvalue weighted by Crippen LogP contribution is -2.01. The summed E-state index contributed by atoms with van der Waals surface area (Å²) in [6.07, 6.45) is 5.74. The van der Waals surface area contributed by atoms with Gasteiger partial charge in [0.2, 0.25) is 0 Å². The monoisotopic (exact) mass is 278 g/mol. The van der Waals surface area contributed by atoms with Gasteiger partial charge in [0.25, 0.3) is 0 Å². The molecule has 18 heavy (non-hydrogen) atoms. The summed E-state index contributed by atoms with van der Waals surface area (Å²) < 4.78 is 39.6. The van der Waals surface area contributed by atoms with Crippen LogP contribution < -0.4 is 0 Å². The molecule has 0 N–H and O–H groups in total. The Hall–Kier alpha value is -0.700. The largest absolute Gasteiger partial charge is 0.207 e. The van der Waals surface area contributed by atoms with E-state index in [2.05, 4.69) is 6.92 Å². The fourth-order valence-corrected chi connectivity index (χ4v) is 2.29. The molecule has 0 aromatic heterocycles. The van der Waals surface area contributed by atoms with Crippen LogP contribution in [0.2, 0.25) is 0 Å². The minimum Gasteiger partial charge on any atom is -0.207 e. The molecular weight excluding hydrogens is 261 g/mol. The lowest BCUT2D eigenvalue weighted by atomic mass is 10.0. The standard InChI is InChI=1S/C14H18ClF3/c1-2-3-4-5-6-7-11(15)14-12(17)8-10(16)9-13(14)18/h8-9,11H,2-7H2,1H3. The molecule has 0 saturated carbocycles. The van der Waals surface area contributed by atoms with Crippen LogP contribution in [0.3, 0.4) is 0 Å². The van der Waals surface area contributed by atoms with Gasteiger partial charge in [-0.05, 0) is 6.42 Å². The first-order valence-electron chi connectivity index (χ1n) is 6.34. The van der Waals surface area contributed by atoms with Gasteiger partial charge in [-0.25, -0.2) is 13.2 Å². The van der Waals surface area contributed by atoms with Crippen molar-refractivity contribution in [1.29, 1.82) is 0 Å². The molecule has 0 saturated heterocycles. The average molecular weight is 279 g/mol. The second-order valence-corrected chi connectivity index (χ2v) is 4.98. The van der Waals surface area contributed by atoms with Crippen LogP contribution in [0.25, 0.3) is 0 Å². The number of halogens is 4. The number of benzene rings is 1. The molecule has 0 aliphatic rings. The SMILES string of the molecule is CCCCCCCC(Cl)c1c(F)cc(F)cc1F. The van der Waals surface area contributed by atoms with Crippen molar-refractivity contribution in [1.82, 2.24) is 0 Å². The molecule has 1 rings (SSSR count). The summed E-state index contributed by atoms with van der Waals surface area (Å²) in [5.41, 5.74) is -0.214. The maximum atomic E-state index is 13.4. The summed E-state index contributed by atoms with van der Waals surface area (Å²) in [6, 6.07) is 1.34. The van der Waals surface area contributed by atoms with Gasteiger partial charge in [0, 0.05) is 17.7 Å². The Balaban J connectivity index is 2.53. The third kappa shape index (κ3) is 4.52. The Labute approximate surface area is 111 Å². The fraction of sp³-hybridized carbons (Fsp3) is 0.571. The van der Waals surface area contributed by atoms with Crippen LogP contribution in [0.15, 0.2) is 12.1 Å². The Kier molecular flexibility index (Phi) is 6.55. The second kappa shape index (κ2) is 7.67. The molecule has 0 radical (unpaired) electrons. The zero-order chi connectivity index (χ0) is 13.5. The van der Waals surface area contributed by atoms with Crippen LogP contribution in [0.5, 0.6) is 0 Å². The van der Waals surface area contributed by atoms with E-state index in [9.17, 15) is 13.2 Å². The van der Waals surface area contributed by atoms with Crippen LogP contribution >= 0.6 is 11.6 Å². The maximum Gasteiger partial charge on any atom is 0.133 e. The summed E-state index contributed by atoms with van der Waals surface area (Å²) in [5.74, 6) is -2.72. The molecule has 0 amide bonds. The van der Waals surface area contributed by atoms with E-state index in [0.717, 1.165) is 32.1 Å². The molecule has 1 unspecified atom stereocenters. The van der Waals surface area contributed by atoms with Crippen LogP contribution in [-0.4, -0.2) is 0 Å². The summed E-state index contributed by atoms with van der Waals surface area (Å²) >= 11 is 5.98. The van der Waals surface area contributed by atoms with E-state index < -0.39 is 22.8 Å². The number of unbranched alkanes of at least 4 members (excludes halogenated alkanes) is 4. The minimum atomic E-state index is -0.916. The number of rotatable bonds is 7. The highest BCUT2D eigenvalue weighted by atomic mass is 35.5. The van der Waals surface area contributed by atoms with Gasteiger partial charge in [-0.3, -0.25) is 0 Å². The Bertz CT molecular complexity index is 356. The van der Waals surface area contributed by atoms with Gasteiger partial charge < -0.3 is 0 Å². The number of hydrogen-bond donors (Lipinski definition) is 0. The first-order chi connectivity index (χ1) is 8.56. The molecule has 102 valence electrons. The van der Waals surface area contributed by atoms with Crippen LogP contribution in [-0.2, 0) is 0 Å². The predicted octanol–water partition coefficient (Wildman–Crippen LogP) is 5.74. The highest BCUT2D eigenvalue weighted by Crippen LogP contribution is 2.31. The highest BCUT2D eigenvalue weighted by Gasteiger charge is 2.19. The first-order valence-corrected chi connectivity index (χ1v) is 6.78. The molecule has 4 heteroatoms. The van der Waals surface area contributed by atoms with E-state index in [1.54, 1.807) is 0 Å². The molecular formula is C14H18ClF3. The van der Waals surface area contributed by atoms with E-state index in [0.29, 0.717) is 18.6 Å². The van der Waals surface area contributed by atoms with E-state index in [1.807, 2.05) is 0 Å². The minimum absolute atomic E-state index is 0.214. The van der Waals surface area contributed by atoms with E-state index in [4.69, 9.17) is 11.6 Å². The summed E-state index contributed by atoms with van der Waals surface area (Å²) in [5, 5.41) is -0.729. The average Bonchev–Trinajstić information content (AvgIpc) is 2.27. The van der Waals surface area contributed by atoms with Crippen molar-refractivity contribution in [3.63, 3.8) is 0 Å². The Morgan fingerprint density at radius 3 is 2.11 bits per heavy atom. The quantitative estimate of drug-likeness (QED) is 0.440. The summed E-state index contributed by atoms with van der Waals surface area (Å²) in [4.78, 5) is 0. The van der Waals surface area contributed by atoms with Crippen molar-refractivity contribution in [2.75, 3.05) is 0 Å². The third-order valence-corrected chi connectivity index (χ3v) is 3.35. The van der Waals surface area contributed by atoms with Gasteiger partial charge in [0.15, 0.2) is 0 Å². The van der Waals surface area contributed by atoms with Crippen molar-refractivity contribution in [3.05, 3.63) is 35.1 Å². The van der Waals surface area contributed by atoms with Gasteiger partial charge in [0.05, 0.1) is 5.38 Å². The van der Waals surface area contributed by atoms with Gasteiger partial charge in [-0.15, -0.1) is 11.6 Å². The fourth-order valence-electron chi connectivity index (χ4n) is 1.92. The van der Waals surface area contributed by atoms with Crippen LogP contribution in [0.4, 0.5) is 13.2 Å². The van der Waals surface area contributed by atoms with Crippen LogP contribution in [0, 0.1) is 17.5 Å². The first kappa shape index (κ1) is 15.4. The molecule has 0 aliphatic heterocycles. The molecule has 0 heterocycles. The molecule has 1 atom stereocenters. The van der Waals surface area contributed by atoms with Gasteiger partial charge in [0.1, 0.15) is 17.5 Å². The Morgan fingerprint density at radius 2 is 1.56 bits per heavy atom. The van der Waals surface area contributed by atoms with E-state index in [-0.39, 0.29) is 5.56 Å². The molecule has 1 aromatic rings. The summed E-state index contributed by atoms with van der Waals surface area (Å²) in [7, 11) is 0. The molecule has 1 aromatic carbocycles. The van der Waals surface area contributed by atoms with Crippen molar-refractivity contribution in [2.24, 2.45) is 0 Å².